The molecule has 1 aromatic carbocycles. The molecule has 0 atom stereocenters. The zero-order valence-corrected chi connectivity index (χ0v) is 11.4. The molecule has 1 aromatic heterocycles. The third-order valence-electron chi connectivity index (χ3n) is 3.25. The molecule has 0 bridgehead atoms. The number of H-pyrrole nitrogens is 1. The van der Waals surface area contributed by atoms with Gasteiger partial charge in [-0.05, 0) is 37.5 Å². The van der Waals surface area contributed by atoms with Gasteiger partial charge in [0.05, 0.1) is 12.3 Å². The summed E-state index contributed by atoms with van der Waals surface area (Å²) in [5, 5.41) is 6.71. The average Bonchev–Trinajstić information content (AvgIpc) is 2.71. The molecule has 3 N–H and O–H groups in total. The number of nitrogen functional groups attached to an aromatic ring is 1. The average molecular weight is 308 g/mol. The minimum atomic E-state index is 0.345. The van der Waals surface area contributed by atoms with Gasteiger partial charge in [0.1, 0.15) is 11.6 Å². The molecular weight excluding hydrogens is 294 g/mol. The number of rotatable bonds is 3. The van der Waals surface area contributed by atoms with Crippen LogP contribution in [0.2, 0.25) is 0 Å². The van der Waals surface area contributed by atoms with E-state index in [0.717, 1.165) is 34.2 Å². The molecule has 1 aliphatic rings. The van der Waals surface area contributed by atoms with Gasteiger partial charge in [-0.15, -0.1) is 0 Å². The minimum absolute atomic E-state index is 0.345. The first-order valence-electron chi connectivity index (χ1n) is 5.99. The van der Waals surface area contributed by atoms with Crippen molar-refractivity contribution in [1.29, 1.82) is 0 Å². The Kier molecular flexibility index (Phi) is 2.99. The Bertz CT molecular complexity index is 563. The standard InChI is InChI=1S/C13H14BrN3O/c14-8-4-5-12(18-9-2-1-3-9)10(6-8)11-7-16-17-13(11)15/h4-7,9H,1-3H2,(H3,15,16,17). The molecule has 0 aliphatic heterocycles. The molecule has 0 saturated heterocycles. The molecule has 3 rings (SSSR count). The number of hydrogen-bond acceptors (Lipinski definition) is 3. The highest BCUT2D eigenvalue weighted by Gasteiger charge is 2.21. The number of anilines is 1. The molecule has 1 heterocycles. The Hall–Kier alpha value is -1.49. The fourth-order valence-corrected chi connectivity index (χ4v) is 2.36. The maximum Gasteiger partial charge on any atom is 0.127 e. The smallest absolute Gasteiger partial charge is 0.127 e. The van der Waals surface area contributed by atoms with Gasteiger partial charge in [0.25, 0.3) is 0 Å². The number of benzene rings is 1. The van der Waals surface area contributed by atoms with Crippen molar-refractivity contribution in [2.24, 2.45) is 0 Å². The molecule has 1 saturated carbocycles. The van der Waals surface area contributed by atoms with Crippen LogP contribution in [0.3, 0.4) is 0 Å². The molecular formula is C13H14BrN3O. The van der Waals surface area contributed by atoms with E-state index in [9.17, 15) is 0 Å². The van der Waals surface area contributed by atoms with E-state index >= 15 is 0 Å². The fraction of sp³-hybridized carbons (Fsp3) is 0.308. The summed E-state index contributed by atoms with van der Waals surface area (Å²) in [7, 11) is 0. The van der Waals surface area contributed by atoms with Crippen LogP contribution in [0.5, 0.6) is 5.75 Å². The van der Waals surface area contributed by atoms with E-state index in [-0.39, 0.29) is 0 Å². The van der Waals surface area contributed by atoms with Crippen LogP contribution in [0.25, 0.3) is 11.1 Å². The van der Waals surface area contributed by atoms with Gasteiger partial charge in [-0.3, -0.25) is 5.10 Å². The molecule has 18 heavy (non-hydrogen) atoms. The van der Waals surface area contributed by atoms with E-state index in [1.807, 2.05) is 18.2 Å². The lowest BCUT2D eigenvalue weighted by Gasteiger charge is -2.27. The summed E-state index contributed by atoms with van der Waals surface area (Å²) in [6.45, 7) is 0. The summed E-state index contributed by atoms with van der Waals surface area (Å²) in [5.74, 6) is 1.43. The van der Waals surface area contributed by atoms with Crippen LogP contribution in [0, 0.1) is 0 Å². The van der Waals surface area contributed by atoms with Gasteiger partial charge < -0.3 is 10.5 Å². The number of nitrogens with two attached hydrogens (primary N) is 1. The number of halogens is 1. The van der Waals surface area contributed by atoms with Crippen molar-refractivity contribution in [3.63, 3.8) is 0 Å². The van der Waals surface area contributed by atoms with Crippen LogP contribution >= 0.6 is 15.9 Å². The predicted molar refractivity (Wildman–Crippen MR) is 74.4 cm³/mol. The lowest BCUT2D eigenvalue weighted by atomic mass is 9.96. The summed E-state index contributed by atoms with van der Waals surface area (Å²) in [5.41, 5.74) is 7.73. The van der Waals surface area contributed by atoms with Gasteiger partial charge >= 0.3 is 0 Å². The third-order valence-corrected chi connectivity index (χ3v) is 3.74. The van der Waals surface area contributed by atoms with Crippen LogP contribution in [-0.4, -0.2) is 16.3 Å². The largest absolute Gasteiger partial charge is 0.490 e. The molecule has 94 valence electrons. The van der Waals surface area contributed by atoms with Crippen molar-refractivity contribution < 1.29 is 4.74 Å². The Morgan fingerprint density at radius 2 is 2.17 bits per heavy atom. The number of nitrogens with zero attached hydrogens (tertiary/aromatic N) is 1. The molecule has 5 heteroatoms. The first-order chi connectivity index (χ1) is 8.74. The Balaban J connectivity index is 2.00. The summed E-state index contributed by atoms with van der Waals surface area (Å²) in [4.78, 5) is 0. The molecule has 1 fully saturated rings. The molecule has 2 aromatic rings. The zero-order chi connectivity index (χ0) is 12.5. The number of aromatic amines is 1. The van der Waals surface area contributed by atoms with E-state index in [0.29, 0.717) is 11.9 Å². The third kappa shape index (κ3) is 2.10. The lowest BCUT2D eigenvalue weighted by Crippen LogP contribution is -2.24. The van der Waals surface area contributed by atoms with Gasteiger partial charge in [-0.2, -0.15) is 5.10 Å². The van der Waals surface area contributed by atoms with Gasteiger partial charge in [-0.25, -0.2) is 0 Å². The quantitative estimate of drug-likeness (QED) is 0.914. The van der Waals surface area contributed by atoms with E-state index in [1.165, 1.54) is 6.42 Å². The van der Waals surface area contributed by atoms with Gasteiger partial charge in [0.15, 0.2) is 0 Å². The summed E-state index contributed by atoms with van der Waals surface area (Å²) in [6.07, 6.45) is 5.60. The first kappa shape index (κ1) is 11.6. The van der Waals surface area contributed by atoms with Crippen LogP contribution in [0.15, 0.2) is 28.9 Å². The van der Waals surface area contributed by atoms with Gasteiger partial charge in [0.2, 0.25) is 0 Å². The van der Waals surface area contributed by atoms with E-state index < -0.39 is 0 Å². The molecule has 0 amide bonds. The minimum Gasteiger partial charge on any atom is -0.490 e. The Morgan fingerprint density at radius 3 is 2.78 bits per heavy atom. The van der Waals surface area contributed by atoms with Crippen LogP contribution in [0.4, 0.5) is 5.82 Å². The van der Waals surface area contributed by atoms with Crippen molar-refractivity contribution in [2.45, 2.75) is 25.4 Å². The highest BCUT2D eigenvalue weighted by Crippen LogP contribution is 2.37. The van der Waals surface area contributed by atoms with Crippen molar-refractivity contribution in [2.75, 3.05) is 5.73 Å². The van der Waals surface area contributed by atoms with Crippen LogP contribution in [0.1, 0.15) is 19.3 Å². The fourth-order valence-electron chi connectivity index (χ4n) is 1.99. The topological polar surface area (TPSA) is 63.9 Å². The van der Waals surface area contributed by atoms with Crippen LogP contribution < -0.4 is 10.5 Å². The van der Waals surface area contributed by atoms with Crippen molar-refractivity contribution in [1.82, 2.24) is 10.2 Å². The van der Waals surface area contributed by atoms with Gasteiger partial charge in [0, 0.05) is 15.6 Å². The second-order valence-electron chi connectivity index (χ2n) is 4.51. The number of hydrogen-bond donors (Lipinski definition) is 2. The second-order valence-corrected chi connectivity index (χ2v) is 5.42. The van der Waals surface area contributed by atoms with Crippen molar-refractivity contribution in [3.8, 4) is 16.9 Å². The Labute approximate surface area is 114 Å². The molecule has 0 spiro atoms. The highest BCUT2D eigenvalue weighted by molar-refractivity contribution is 9.10. The number of nitrogens with one attached hydrogen (secondary N) is 1. The maximum atomic E-state index is 6.00. The van der Waals surface area contributed by atoms with E-state index in [1.54, 1.807) is 6.20 Å². The SMILES string of the molecule is Nc1[nH]ncc1-c1cc(Br)ccc1OC1CCC1. The predicted octanol–water partition coefficient (Wildman–Crippen LogP) is 3.35. The van der Waals surface area contributed by atoms with Gasteiger partial charge in [-0.1, -0.05) is 15.9 Å². The summed E-state index contributed by atoms with van der Waals surface area (Å²) in [6, 6.07) is 5.97. The molecule has 0 radical (unpaired) electrons. The highest BCUT2D eigenvalue weighted by atomic mass is 79.9. The maximum absolute atomic E-state index is 6.00. The second kappa shape index (κ2) is 4.65. The van der Waals surface area contributed by atoms with E-state index in [2.05, 4.69) is 26.1 Å². The van der Waals surface area contributed by atoms with Crippen molar-refractivity contribution in [3.05, 3.63) is 28.9 Å². The number of aromatic nitrogens is 2. The zero-order valence-electron chi connectivity index (χ0n) is 9.82. The van der Waals surface area contributed by atoms with Crippen molar-refractivity contribution >= 4 is 21.7 Å². The normalized spacial score (nSPS) is 15.4. The molecule has 0 unspecified atom stereocenters. The number of ether oxygens (including phenoxy) is 1. The summed E-state index contributed by atoms with van der Waals surface area (Å²) < 4.78 is 7.00. The Morgan fingerprint density at radius 1 is 1.33 bits per heavy atom. The summed E-state index contributed by atoms with van der Waals surface area (Å²) >= 11 is 3.48. The van der Waals surface area contributed by atoms with E-state index in [4.69, 9.17) is 10.5 Å². The molecule has 4 nitrogen and oxygen atoms in total. The van der Waals surface area contributed by atoms with Crippen LogP contribution in [-0.2, 0) is 0 Å². The monoisotopic (exact) mass is 307 g/mol. The first-order valence-corrected chi connectivity index (χ1v) is 6.79. The lowest BCUT2D eigenvalue weighted by molar-refractivity contribution is 0.121. The molecule has 1 aliphatic carbocycles.